The third-order valence-corrected chi connectivity index (χ3v) is 4.44. The van der Waals surface area contributed by atoms with Gasteiger partial charge in [0.2, 0.25) is 5.88 Å². The molecule has 1 amide bonds. The molecular weight excluding hydrogens is 294 g/mol. The molecule has 2 aromatic rings. The van der Waals surface area contributed by atoms with Crippen LogP contribution in [0.1, 0.15) is 26.7 Å². The molecule has 122 valence electrons. The summed E-state index contributed by atoms with van der Waals surface area (Å²) >= 11 is 0. The largest absolute Gasteiger partial charge is 0.493 e. The number of carbonyl (C=O) groups is 1. The van der Waals surface area contributed by atoms with Crippen molar-refractivity contribution in [1.29, 1.82) is 0 Å². The highest BCUT2D eigenvalue weighted by Gasteiger charge is 2.29. The summed E-state index contributed by atoms with van der Waals surface area (Å²) in [5.41, 5.74) is 7.41. The number of carbonyl (C=O) groups excluding carboxylic acids is 1. The fourth-order valence-electron chi connectivity index (χ4n) is 3.07. The van der Waals surface area contributed by atoms with E-state index in [4.69, 9.17) is 0 Å². The number of para-hydroxylation sites is 1. The van der Waals surface area contributed by atoms with Gasteiger partial charge in [0.05, 0.1) is 5.52 Å². The number of amides is 1. The van der Waals surface area contributed by atoms with Crippen LogP contribution in [0.15, 0.2) is 34.5 Å². The number of azo groups is 1. The Balaban J connectivity index is 1.65. The fourth-order valence-corrected chi connectivity index (χ4v) is 3.07. The van der Waals surface area contributed by atoms with Crippen molar-refractivity contribution in [3.8, 4) is 5.88 Å². The number of hydrogen-bond acceptors (Lipinski definition) is 5. The molecule has 1 aliphatic rings. The number of fused-ring (bicyclic) bond motifs is 1. The molecule has 2 unspecified atom stereocenters. The Kier molecular flexibility index (Phi) is 4.40. The Morgan fingerprint density at radius 2 is 1.91 bits per heavy atom. The normalized spacial score (nSPS) is 24.7. The number of benzene rings is 1. The molecule has 1 aromatic heterocycles. The zero-order valence-corrected chi connectivity index (χ0v) is 13.2. The number of aromatic hydroxyl groups is 1. The van der Waals surface area contributed by atoms with Crippen LogP contribution in [0.2, 0.25) is 0 Å². The van der Waals surface area contributed by atoms with Gasteiger partial charge in [-0.2, -0.15) is 0 Å². The lowest BCUT2D eigenvalue weighted by molar-refractivity contribution is -0.118. The molecule has 1 fully saturated rings. The lowest BCUT2D eigenvalue weighted by Crippen LogP contribution is -2.30. The SMILES string of the molecule is CC1NNC(C)C1CCC(=O)N=Nc1c(O)[nH]c2ccccc12. The maximum absolute atomic E-state index is 12.0. The van der Waals surface area contributed by atoms with Gasteiger partial charge in [-0.15, -0.1) is 10.2 Å². The van der Waals surface area contributed by atoms with Crippen LogP contribution in [0.5, 0.6) is 5.88 Å². The highest BCUT2D eigenvalue weighted by atomic mass is 16.3. The quantitative estimate of drug-likeness (QED) is 0.651. The van der Waals surface area contributed by atoms with Crippen LogP contribution >= 0.6 is 0 Å². The van der Waals surface area contributed by atoms with Crippen molar-refractivity contribution in [2.45, 2.75) is 38.8 Å². The lowest BCUT2D eigenvalue weighted by Gasteiger charge is -2.16. The molecule has 0 bridgehead atoms. The minimum absolute atomic E-state index is 0.0748. The Morgan fingerprint density at radius 3 is 2.65 bits per heavy atom. The third kappa shape index (κ3) is 3.25. The van der Waals surface area contributed by atoms with Crippen LogP contribution in [0.4, 0.5) is 5.69 Å². The first-order chi connectivity index (χ1) is 11.1. The Labute approximate surface area is 134 Å². The second-order valence-corrected chi connectivity index (χ2v) is 6.03. The molecule has 1 aromatic carbocycles. The van der Waals surface area contributed by atoms with E-state index in [1.807, 2.05) is 24.3 Å². The van der Waals surface area contributed by atoms with Gasteiger partial charge in [-0.1, -0.05) is 18.2 Å². The number of rotatable bonds is 4. The minimum atomic E-state index is -0.277. The van der Waals surface area contributed by atoms with Gasteiger partial charge in [0.1, 0.15) is 0 Å². The monoisotopic (exact) mass is 315 g/mol. The van der Waals surface area contributed by atoms with Crippen molar-refractivity contribution >= 4 is 22.5 Å². The highest BCUT2D eigenvalue weighted by molar-refractivity contribution is 5.94. The van der Waals surface area contributed by atoms with Gasteiger partial charge in [0, 0.05) is 23.9 Å². The van der Waals surface area contributed by atoms with E-state index >= 15 is 0 Å². The predicted octanol–water partition coefficient (Wildman–Crippen LogP) is 2.77. The minimum Gasteiger partial charge on any atom is -0.493 e. The molecule has 7 nitrogen and oxygen atoms in total. The van der Waals surface area contributed by atoms with E-state index in [1.165, 1.54) is 0 Å². The van der Waals surface area contributed by atoms with Crippen molar-refractivity contribution in [3.63, 3.8) is 0 Å². The molecule has 0 saturated carbocycles. The molecule has 7 heteroatoms. The maximum Gasteiger partial charge on any atom is 0.264 e. The number of nitrogens with one attached hydrogen (secondary N) is 3. The van der Waals surface area contributed by atoms with Gasteiger partial charge < -0.3 is 10.1 Å². The molecular formula is C16H21N5O2. The van der Waals surface area contributed by atoms with Crippen molar-refractivity contribution in [1.82, 2.24) is 15.8 Å². The van der Waals surface area contributed by atoms with Crippen molar-refractivity contribution in [2.24, 2.45) is 16.1 Å². The molecule has 0 spiro atoms. The van der Waals surface area contributed by atoms with Crippen molar-refractivity contribution in [2.75, 3.05) is 0 Å². The summed E-state index contributed by atoms with van der Waals surface area (Å²) in [6.07, 6.45) is 1.09. The number of hydrazine groups is 1. The fraction of sp³-hybridized carbons (Fsp3) is 0.438. The van der Waals surface area contributed by atoms with Gasteiger partial charge in [0.25, 0.3) is 5.91 Å². The van der Waals surface area contributed by atoms with Gasteiger partial charge in [0.15, 0.2) is 5.69 Å². The van der Waals surface area contributed by atoms with Gasteiger partial charge in [-0.05, 0) is 32.3 Å². The number of aromatic nitrogens is 1. The van der Waals surface area contributed by atoms with E-state index in [0.29, 0.717) is 30.1 Å². The highest BCUT2D eigenvalue weighted by Crippen LogP contribution is 2.35. The summed E-state index contributed by atoms with van der Waals surface area (Å²) in [5.74, 6) is 0.0332. The van der Waals surface area contributed by atoms with Crippen LogP contribution in [-0.4, -0.2) is 28.1 Å². The average Bonchev–Trinajstić information content (AvgIpc) is 3.02. The Hall–Kier alpha value is -2.25. The zero-order chi connectivity index (χ0) is 16.4. The standard InChI is InChI=1S/C16H21N5O2/c1-9-11(10(2)19-18-9)7-8-14(22)20-21-15-12-5-3-4-6-13(12)17-16(15)23/h3-6,9-11,17-19,23H,7-8H2,1-2H3. The molecule has 2 heterocycles. The van der Waals surface area contributed by atoms with E-state index in [2.05, 4.69) is 39.9 Å². The lowest BCUT2D eigenvalue weighted by atomic mass is 9.91. The number of H-pyrrole nitrogens is 1. The summed E-state index contributed by atoms with van der Waals surface area (Å²) in [6.45, 7) is 4.19. The van der Waals surface area contributed by atoms with Crippen molar-refractivity contribution in [3.05, 3.63) is 24.3 Å². The van der Waals surface area contributed by atoms with Gasteiger partial charge >= 0.3 is 0 Å². The number of hydrogen-bond donors (Lipinski definition) is 4. The van der Waals surface area contributed by atoms with Crippen LogP contribution in [0.25, 0.3) is 10.9 Å². The van der Waals surface area contributed by atoms with Gasteiger partial charge in [-0.25, -0.2) is 0 Å². The van der Waals surface area contributed by atoms with E-state index in [9.17, 15) is 9.90 Å². The van der Waals surface area contributed by atoms with E-state index in [-0.39, 0.29) is 11.8 Å². The third-order valence-electron chi connectivity index (χ3n) is 4.44. The first-order valence-corrected chi connectivity index (χ1v) is 7.81. The Morgan fingerprint density at radius 1 is 1.22 bits per heavy atom. The average molecular weight is 315 g/mol. The molecule has 0 aliphatic carbocycles. The first-order valence-electron chi connectivity index (χ1n) is 7.81. The van der Waals surface area contributed by atoms with Crippen LogP contribution in [-0.2, 0) is 4.79 Å². The molecule has 23 heavy (non-hydrogen) atoms. The molecule has 1 aliphatic heterocycles. The second-order valence-electron chi connectivity index (χ2n) is 6.03. The van der Waals surface area contributed by atoms with Crippen molar-refractivity contribution < 1.29 is 9.90 Å². The smallest absolute Gasteiger partial charge is 0.264 e. The Bertz CT molecular complexity index is 729. The topological polar surface area (TPSA) is 102 Å². The number of aromatic amines is 1. The number of nitrogens with zero attached hydrogens (tertiary/aromatic N) is 2. The molecule has 2 atom stereocenters. The summed E-state index contributed by atoms with van der Waals surface area (Å²) in [6, 6.07) is 8.01. The van der Waals surface area contributed by atoms with E-state index in [1.54, 1.807) is 0 Å². The molecule has 1 saturated heterocycles. The van der Waals surface area contributed by atoms with E-state index in [0.717, 1.165) is 17.3 Å². The maximum atomic E-state index is 12.0. The molecule has 4 N–H and O–H groups in total. The summed E-state index contributed by atoms with van der Waals surface area (Å²) in [7, 11) is 0. The van der Waals surface area contributed by atoms with Crippen LogP contribution < -0.4 is 10.9 Å². The molecule has 0 radical (unpaired) electrons. The molecule has 3 rings (SSSR count). The summed E-state index contributed by atoms with van der Waals surface area (Å²) in [5, 5.41) is 18.3. The van der Waals surface area contributed by atoms with Gasteiger partial charge in [-0.3, -0.25) is 15.6 Å². The predicted molar refractivity (Wildman–Crippen MR) is 87.4 cm³/mol. The summed E-state index contributed by atoms with van der Waals surface area (Å²) < 4.78 is 0. The van der Waals surface area contributed by atoms with Crippen LogP contribution in [0.3, 0.4) is 0 Å². The first kappa shape index (κ1) is 15.6. The zero-order valence-electron chi connectivity index (χ0n) is 13.2. The van der Waals surface area contributed by atoms with E-state index < -0.39 is 0 Å². The summed E-state index contributed by atoms with van der Waals surface area (Å²) in [4.78, 5) is 14.8. The van der Waals surface area contributed by atoms with Crippen LogP contribution in [0, 0.1) is 5.92 Å². The second kappa shape index (κ2) is 6.47.